The molecule has 0 saturated heterocycles. The summed E-state index contributed by atoms with van der Waals surface area (Å²) < 4.78 is 39.8. The SMILES string of the molecule is Cc1ccc(-c2cc(=O)n3[nH]c(C)c(-c4ccc(C(F)(F)F)cc4)c3n2)cn1. The monoisotopic (exact) mass is 384 g/mol. The van der Waals surface area contributed by atoms with E-state index < -0.39 is 11.7 Å². The number of aromatic nitrogens is 4. The zero-order valence-corrected chi connectivity index (χ0v) is 15.0. The van der Waals surface area contributed by atoms with E-state index in [-0.39, 0.29) is 5.56 Å². The van der Waals surface area contributed by atoms with Crippen LogP contribution in [0.1, 0.15) is 17.0 Å². The minimum atomic E-state index is -4.41. The van der Waals surface area contributed by atoms with Crippen LogP contribution in [0.2, 0.25) is 0 Å². The molecule has 1 N–H and O–H groups in total. The molecular formula is C20H15F3N4O. The molecule has 3 aromatic heterocycles. The van der Waals surface area contributed by atoms with Gasteiger partial charge in [0.2, 0.25) is 0 Å². The normalized spacial score (nSPS) is 11.9. The number of nitrogens with zero attached hydrogens (tertiary/aromatic N) is 3. The smallest absolute Gasteiger partial charge is 0.293 e. The van der Waals surface area contributed by atoms with Gasteiger partial charge in [-0.25, -0.2) is 9.50 Å². The Balaban J connectivity index is 1.90. The fourth-order valence-corrected chi connectivity index (χ4v) is 3.09. The molecule has 8 heteroatoms. The van der Waals surface area contributed by atoms with E-state index in [9.17, 15) is 18.0 Å². The fourth-order valence-electron chi connectivity index (χ4n) is 3.09. The zero-order valence-electron chi connectivity index (χ0n) is 15.0. The molecule has 0 amide bonds. The van der Waals surface area contributed by atoms with Crippen molar-refractivity contribution in [3.05, 3.63) is 76.0 Å². The summed E-state index contributed by atoms with van der Waals surface area (Å²) in [5.74, 6) is 0. The van der Waals surface area contributed by atoms with Crippen molar-refractivity contribution in [1.29, 1.82) is 0 Å². The minimum absolute atomic E-state index is 0.318. The molecular weight excluding hydrogens is 369 g/mol. The van der Waals surface area contributed by atoms with Crippen molar-refractivity contribution in [1.82, 2.24) is 19.6 Å². The lowest BCUT2D eigenvalue weighted by molar-refractivity contribution is -0.137. The summed E-state index contributed by atoms with van der Waals surface area (Å²) in [6.45, 7) is 3.60. The first-order valence-corrected chi connectivity index (χ1v) is 8.47. The number of aromatic amines is 1. The Hall–Kier alpha value is -3.42. The number of pyridine rings is 1. The van der Waals surface area contributed by atoms with Gasteiger partial charge in [-0.2, -0.15) is 13.2 Å². The number of alkyl halides is 3. The van der Waals surface area contributed by atoms with Gasteiger partial charge >= 0.3 is 6.18 Å². The Kier molecular flexibility index (Phi) is 4.06. The van der Waals surface area contributed by atoms with Gasteiger partial charge in [0.15, 0.2) is 5.65 Å². The van der Waals surface area contributed by atoms with Gasteiger partial charge in [-0.1, -0.05) is 12.1 Å². The summed E-state index contributed by atoms with van der Waals surface area (Å²) >= 11 is 0. The van der Waals surface area contributed by atoms with Gasteiger partial charge in [-0.05, 0) is 43.7 Å². The lowest BCUT2D eigenvalue weighted by Crippen LogP contribution is -2.14. The molecule has 28 heavy (non-hydrogen) atoms. The predicted molar refractivity (Wildman–Crippen MR) is 99.0 cm³/mol. The van der Waals surface area contributed by atoms with E-state index in [1.54, 1.807) is 13.1 Å². The molecule has 0 bridgehead atoms. The Labute approximate surface area is 157 Å². The van der Waals surface area contributed by atoms with Crippen molar-refractivity contribution in [2.75, 3.05) is 0 Å². The van der Waals surface area contributed by atoms with E-state index in [4.69, 9.17) is 0 Å². The number of halogens is 3. The average molecular weight is 384 g/mol. The summed E-state index contributed by atoms with van der Waals surface area (Å²) in [6.07, 6.45) is -2.78. The standard InChI is InChI=1S/C20H15F3N4O/c1-11-3-4-14(10-24-11)16-9-17(28)27-19(25-16)18(12(2)26-27)13-5-7-15(8-6-13)20(21,22)23/h3-10,26H,1-2H3. The molecule has 0 radical (unpaired) electrons. The van der Waals surface area contributed by atoms with Gasteiger partial charge in [0.25, 0.3) is 5.56 Å². The van der Waals surface area contributed by atoms with E-state index >= 15 is 0 Å². The molecule has 4 rings (SSSR count). The minimum Gasteiger partial charge on any atom is -0.293 e. The maximum atomic E-state index is 12.8. The topological polar surface area (TPSA) is 63.0 Å². The molecule has 0 aliphatic carbocycles. The summed E-state index contributed by atoms with van der Waals surface area (Å²) in [4.78, 5) is 21.3. The third-order valence-corrected chi connectivity index (χ3v) is 4.50. The molecule has 5 nitrogen and oxygen atoms in total. The number of H-pyrrole nitrogens is 1. The maximum absolute atomic E-state index is 12.8. The van der Waals surface area contributed by atoms with Crippen molar-refractivity contribution >= 4 is 5.65 Å². The quantitative estimate of drug-likeness (QED) is 0.558. The Bertz CT molecular complexity index is 1220. The van der Waals surface area contributed by atoms with E-state index in [1.807, 2.05) is 19.1 Å². The van der Waals surface area contributed by atoms with Crippen LogP contribution in [-0.4, -0.2) is 19.6 Å². The molecule has 3 heterocycles. The number of nitrogens with one attached hydrogen (secondary N) is 1. The molecule has 142 valence electrons. The van der Waals surface area contributed by atoms with Crippen LogP contribution in [0.25, 0.3) is 28.0 Å². The lowest BCUT2D eigenvalue weighted by atomic mass is 10.0. The van der Waals surface area contributed by atoms with Crippen molar-refractivity contribution in [3.8, 4) is 22.4 Å². The van der Waals surface area contributed by atoms with Crippen LogP contribution in [-0.2, 0) is 6.18 Å². The highest BCUT2D eigenvalue weighted by molar-refractivity contribution is 5.81. The average Bonchev–Trinajstić information content (AvgIpc) is 2.98. The molecule has 0 spiro atoms. The fraction of sp³-hybridized carbons (Fsp3) is 0.150. The molecule has 0 aliphatic rings. The van der Waals surface area contributed by atoms with Gasteiger partial charge < -0.3 is 0 Å². The lowest BCUT2D eigenvalue weighted by Gasteiger charge is -2.08. The van der Waals surface area contributed by atoms with Crippen molar-refractivity contribution in [3.63, 3.8) is 0 Å². The second-order valence-corrected chi connectivity index (χ2v) is 6.51. The molecule has 4 aromatic rings. The van der Waals surface area contributed by atoms with Crippen LogP contribution in [0.3, 0.4) is 0 Å². The maximum Gasteiger partial charge on any atom is 0.416 e. The second-order valence-electron chi connectivity index (χ2n) is 6.51. The highest BCUT2D eigenvalue weighted by Gasteiger charge is 2.30. The second kappa shape index (κ2) is 6.33. The third kappa shape index (κ3) is 3.06. The largest absolute Gasteiger partial charge is 0.416 e. The Morgan fingerprint density at radius 3 is 2.29 bits per heavy atom. The van der Waals surface area contributed by atoms with Gasteiger partial charge in [-0.3, -0.25) is 14.9 Å². The van der Waals surface area contributed by atoms with Crippen LogP contribution in [0, 0.1) is 13.8 Å². The number of hydrogen-bond acceptors (Lipinski definition) is 3. The number of fused-ring (bicyclic) bond motifs is 1. The van der Waals surface area contributed by atoms with Crippen LogP contribution >= 0.6 is 0 Å². The van der Waals surface area contributed by atoms with E-state index in [0.717, 1.165) is 17.8 Å². The Morgan fingerprint density at radius 1 is 1.00 bits per heavy atom. The first-order valence-electron chi connectivity index (χ1n) is 8.47. The number of benzene rings is 1. The van der Waals surface area contributed by atoms with E-state index in [2.05, 4.69) is 15.1 Å². The molecule has 0 atom stereocenters. The van der Waals surface area contributed by atoms with Gasteiger partial charge in [0.05, 0.1) is 11.3 Å². The van der Waals surface area contributed by atoms with E-state index in [1.165, 1.54) is 22.7 Å². The molecule has 1 aromatic carbocycles. The first kappa shape index (κ1) is 18.0. The zero-order chi connectivity index (χ0) is 20.1. The number of aryl methyl sites for hydroxylation is 2. The summed E-state index contributed by atoms with van der Waals surface area (Å²) in [7, 11) is 0. The van der Waals surface area contributed by atoms with Crippen molar-refractivity contribution in [2.45, 2.75) is 20.0 Å². The molecule has 0 unspecified atom stereocenters. The van der Waals surface area contributed by atoms with Gasteiger partial charge in [0.1, 0.15) is 0 Å². The van der Waals surface area contributed by atoms with Crippen molar-refractivity contribution in [2.24, 2.45) is 0 Å². The molecule has 0 saturated carbocycles. The van der Waals surface area contributed by atoms with Crippen LogP contribution < -0.4 is 5.56 Å². The van der Waals surface area contributed by atoms with Gasteiger partial charge in [-0.15, -0.1) is 0 Å². The molecule has 0 aliphatic heterocycles. The highest BCUT2D eigenvalue weighted by Crippen LogP contribution is 2.33. The molecule has 0 fully saturated rings. The van der Waals surface area contributed by atoms with Crippen LogP contribution in [0.15, 0.2) is 53.5 Å². The summed E-state index contributed by atoms with van der Waals surface area (Å²) in [5, 5.41) is 2.93. The van der Waals surface area contributed by atoms with Crippen LogP contribution in [0.5, 0.6) is 0 Å². The van der Waals surface area contributed by atoms with Gasteiger partial charge in [0, 0.05) is 34.8 Å². The van der Waals surface area contributed by atoms with E-state index in [0.29, 0.717) is 33.7 Å². The Morgan fingerprint density at radius 2 is 1.68 bits per heavy atom. The third-order valence-electron chi connectivity index (χ3n) is 4.50. The number of rotatable bonds is 2. The summed E-state index contributed by atoms with van der Waals surface area (Å²) in [5.41, 5.74) is 3.01. The van der Waals surface area contributed by atoms with Crippen molar-refractivity contribution < 1.29 is 13.2 Å². The first-order chi connectivity index (χ1) is 13.2. The van der Waals surface area contributed by atoms with Crippen LogP contribution in [0.4, 0.5) is 13.2 Å². The summed E-state index contributed by atoms with van der Waals surface area (Å²) in [6, 6.07) is 9.83. The highest BCUT2D eigenvalue weighted by atomic mass is 19.4. The predicted octanol–water partition coefficient (Wildman–Crippen LogP) is 4.39. The number of hydrogen-bond donors (Lipinski definition) is 1.